The highest BCUT2D eigenvalue weighted by Gasteiger charge is 2.18. The molecule has 1 amide bonds. The fraction of sp³-hybridized carbons (Fsp3) is 0.269. The second-order valence-electron chi connectivity index (χ2n) is 8.01. The van der Waals surface area contributed by atoms with Crippen molar-refractivity contribution in [3.63, 3.8) is 0 Å². The third-order valence-corrected chi connectivity index (χ3v) is 5.47. The Morgan fingerprint density at radius 3 is 2.58 bits per heavy atom. The largest absolute Gasteiger partial charge is 0.491 e. The molecule has 1 aliphatic heterocycles. The van der Waals surface area contributed by atoms with E-state index >= 15 is 0 Å². The number of carbonyl (C=O) groups is 1. The van der Waals surface area contributed by atoms with E-state index in [9.17, 15) is 9.90 Å². The molecule has 0 aromatic heterocycles. The number of nitrogens with zero attached hydrogens (tertiary/aromatic N) is 1. The monoisotopic (exact) mass is 416 g/mol. The van der Waals surface area contributed by atoms with Crippen molar-refractivity contribution in [3.8, 4) is 16.9 Å². The summed E-state index contributed by atoms with van der Waals surface area (Å²) >= 11 is 0. The van der Waals surface area contributed by atoms with Crippen molar-refractivity contribution >= 4 is 11.6 Å². The molecule has 1 unspecified atom stereocenters. The van der Waals surface area contributed by atoms with Crippen molar-refractivity contribution in [2.45, 2.75) is 26.0 Å². The van der Waals surface area contributed by atoms with E-state index in [2.05, 4.69) is 34.5 Å². The first-order valence-electron chi connectivity index (χ1n) is 10.6. The molecule has 5 heteroatoms. The van der Waals surface area contributed by atoms with Crippen LogP contribution in [-0.2, 0) is 17.8 Å². The smallest absolute Gasteiger partial charge is 0.221 e. The number of fused-ring (bicyclic) bond motifs is 1. The molecular formula is C26H28N2O3. The molecule has 3 aromatic carbocycles. The van der Waals surface area contributed by atoms with Crippen LogP contribution in [-0.4, -0.2) is 41.7 Å². The van der Waals surface area contributed by atoms with Crippen molar-refractivity contribution in [1.82, 2.24) is 4.90 Å². The summed E-state index contributed by atoms with van der Waals surface area (Å²) in [6.45, 7) is 4.15. The van der Waals surface area contributed by atoms with Crippen molar-refractivity contribution in [2.24, 2.45) is 0 Å². The predicted octanol–water partition coefficient (Wildman–Crippen LogP) is 4.11. The summed E-state index contributed by atoms with van der Waals surface area (Å²) in [6, 6.07) is 24.0. The van der Waals surface area contributed by atoms with E-state index in [1.165, 1.54) is 18.1 Å². The molecule has 1 atom stereocenters. The van der Waals surface area contributed by atoms with E-state index < -0.39 is 6.10 Å². The summed E-state index contributed by atoms with van der Waals surface area (Å²) in [5.41, 5.74) is 5.49. The lowest BCUT2D eigenvalue weighted by molar-refractivity contribution is -0.114. The predicted molar refractivity (Wildman–Crippen MR) is 123 cm³/mol. The van der Waals surface area contributed by atoms with Gasteiger partial charge in [0.1, 0.15) is 18.5 Å². The number of aliphatic hydroxyl groups excluding tert-OH is 1. The molecular weight excluding hydrogens is 388 g/mol. The average Bonchev–Trinajstić information content (AvgIpc) is 2.77. The van der Waals surface area contributed by atoms with Crippen molar-refractivity contribution in [2.75, 3.05) is 25.0 Å². The summed E-state index contributed by atoms with van der Waals surface area (Å²) in [5, 5.41) is 13.3. The number of carbonyl (C=O) groups excluding carboxylic acids is 1. The van der Waals surface area contributed by atoms with Gasteiger partial charge >= 0.3 is 0 Å². The van der Waals surface area contributed by atoms with E-state index in [-0.39, 0.29) is 12.5 Å². The van der Waals surface area contributed by atoms with Gasteiger partial charge in [0.05, 0.1) is 0 Å². The van der Waals surface area contributed by atoms with Gasteiger partial charge in [-0.05, 0) is 52.9 Å². The fourth-order valence-corrected chi connectivity index (χ4v) is 4.00. The van der Waals surface area contributed by atoms with Crippen LogP contribution < -0.4 is 10.1 Å². The van der Waals surface area contributed by atoms with Gasteiger partial charge in [0.25, 0.3) is 0 Å². The van der Waals surface area contributed by atoms with Crippen molar-refractivity contribution in [1.29, 1.82) is 0 Å². The van der Waals surface area contributed by atoms with Gasteiger partial charge in [0.15, 0.2) is 0 Å². The van der Waals surface area contributed by atoms with E-state index in [4.69, 9.17) is 4.74 Å². The Labute approximate surface area is 183 Å². The van der Waals surface area contributed by atoms with Crippen LogP contribution in [0.15, 0.2) is 72.8 Å². The normalized spacial score (nSPS) is 14.5. The second kappa shape index (κ2) is 9.77. The number of aliphatic hydroxyl groups is 1. The molecule has 0 radical (unpaired) electrons. The molecule has 0 saturated carbocycles. The maximum absolute atomic E-state index is 11.3. The third-order valence-electron chi connectivity index (χ3n) is 5.47. The number of ether oxygens (including phenoxy) is 1. The van der Waals surface area contributed by atoms with Gasteiger partial charge < -0.3 is 15.2 Å². The maximum Gasteiger partial charge on any atom is 0.221 e. The quantitative estimate of drug-likeness (QED) is 0.609. The lowest BCUT2D eigenvalue weighted by Crippen LogP contribution is -2.38. The molecule has 3 aromatic rings. The average molecular weight is 417 g/mol. The van der Waals surface area contributed by atoms with Crippen LogP contribution in [0.1, 0.15) is 18.1 Å². The Morgan fingerprint density at radius 1 is 1.03 bits per heavy atom. The lowest BCUT2D eigenvalue weighted by Gasteiger charge is -2.30. The van der Waals surface area contributed by atoms with Crippen molar-refractivity contribution in [3.05, 3.63) is 83.9 Å². The van der Waals surface area contributed by atoms with Gasteiger partial charge in [-0.1, -0.05) is 48.5 Å². The van der Waals surface area contributed by atoms with Crippen LogP contribution >= 0.6 is 0 Å². The maximum atomic E-state index is 11.3. The molecule has 0 bridgehead atoms. The van der Waals surface area contributed by atoms with E-state index in [1.807, 2.05) is 48.5 Å². The zero-order valence-corrected chi connectivity index (χ0v) is 17.8. The van der Waals surface area contributed by atoms with Crippen LogP contribution in [0.4, 0.5) is 5.69 Å². The van der Waals surface area contributed by atoms with E-state index in [1.54, 1.807) is 0 Å². The number of nitrogens with one attached hydrogen (secondary N) is 1. The Hall–Kier alpha value is -3.15. The van der Waals surface area contributed by atoms with Gasteiger partial charge in [-0.25, -0.2) is 0 Å². The Morgan fingerprint density at radius 2 is 1.77 bits per heavy atom. The standard InChI is InChI=1S/C26H28N2O3/c1-19(29)27-24-10-4-8-21(14-24)22-9-5-11-26(15-22)31-18-25(30)17-28-13-12-20-6-2-3-7-23(20)16-28/h2-11,14-15,25,30H,12-13,16-18H2,1H3,(H,27,29). The number of hydrogen-bond acceptors (Lipinski definition) is 4. The van der Waals surface area contributed by atoms with Crippen molar-refractivity contribution < 1.29 is 14.6 Å². The number of amides is 1. The summed E-state index contributed by atoms with van der Waals surface area (Å²) in [6.07, 6.45) is 0.459. The molecule has 160 valence electrons. The molecule has 4 rings (SSSR count). The van der Waals surface area contributed by atoms with Crippen LogP contribution in [0, 0.1) is 0 Å². The van der Waals surface area contributed by atoms with Gasteiger partial charge in [-0.3, -0.25) is 9.69 Å². The minimum Gasteiger partial charge on any atom is -0.491 e. The highest BCUT2D eigenvalue weighted by molar-refractivity contribution is 5.89. The molecule has 0 spiro atoms. The summed E-state index contributed by atoms with van der Waals surface area (Å²) in [4.78, 5) is 13.6. The van der Waals surface area contributed by atoms with Crippen LogP contribution in [0.5, 0.6) is 5.75 Å². The number of hydrogen-bond donors (Lipinski definition) is 2. The Bertz CT molecular complexity index is 1050. The second-order valence-corrected chi connectivity index (χ2v) is 8.01. The first-order valence-corrected chi connectivity index (χ1v) is 10.6. The first-order chi connectivity index (χ1) is 15.1. The molecule has 0 saturated heterocycles. The van der Waals surface area contributed by atoms with Gasteiger partial charge in [-0.2, -0.15) is 0 Å². The number of β-amino-alcohol motifs (C(OH)–C–C–N with tert-alkyl or cyclic N) is 1. The third kappa shape index (κ3) is 5.72. The zero-order valence-electron chi connectivity index (χ0n) is 17.8. The highest BCUT2D eigenvalue weighted by atomic mass is 16.5. The first kappa shape index (κ1) is 21.1. The topological polar surface area (TPSA) is 61.8 Å². The van der Waals surface area contributed by atoms with E-state index in [0.717, 1.165) is 36.3 Å². The van der Waals surface area contributed by atoms with Crippen LogP contribution in [0.2, 0.25) is 0 Å². The summed E-state index contributed by atoms with van der Waals surface area (Å²) < 4.78 is 5.89. The number of rotatable bonds is 7. The molecule has 2 N–H and O–H groups in total. The lowest BCUT2D eigenvalue weighted by atomic mass is 10.00. The molecule has 31 heavy (non-hydrogen) atoms. The van der Waals surface area contributed by atoms with Gasteiger partial charge in [0, 0.05) is 32.2 Å². The van der Waals surface area contributed by atoms with Gasteiger partial charge in [0.2, 0.25) is 5.91 Å². The highest BCUT2D eigenvalue weighted by Crippen LogP contribution is 2.26. The molecule has 1 aliphatic rings. The summed E-state index contributed by atoms with van der Waals surface area (Å²) in [5.74, 6) is 0.617. The fourth-order valence-electron chi connectivity index (χ4n) is 4.00. The molecule has 0 aliphatic carbocycles. The number of anilines is 1. The molecule has 0 fully saturated rings. The minimum atomic E-state index is -0.558. The molecule has 1 heterocycles. The van der Waals surface area contributed by atoms with Crippen LogP contribution in [0.25, 0.3) is 11.1 Å². The molecule has 5 nitrogen and oxygen atoms in total. The van der Waals surface area contributed by atoms with Gasteiger partial charge in [-0.15, -0.1) is 0 Å². The zero-order chi connectivity index (χ0) is 21.6. The summed E-state index contributed by atoms with van der Waals surface area (Å²) in [7, 11) is 0. The SMILES string of the molecule is CC(=O)Nc1cccc(-c2cccc(OCC(O)CN3CCc4ccccc4C3)c2)c1. The minimum absolute atomic E-state index is 0.0968. The number of benzene rings is 3. The van der Waals surface area contributed by atoms with E-state index in [0.29, 0.717) is 12.3 Å². The van der Waals surface area contributed by atoms with Crippen LogP contribution in [0.3, 0.4) is 0 Å². The Kier molecular flexibility index (Phi) is 6.65. The Balaban J connectivity index is 1.34.